The molecule has 1 aromatic carbocycles. The molecule has 0 unspecified atom stereocenters. The molecule has 2 aromatic rings. The quantitative estimate of drug-likeness (QED) is 0.642. The molecule has 1 aromatic heterocycles. The lowest BCUT2D eigenvalue weighted by molar-refractivity contribution is -0.138. The summed E-state index contributed by atoms with van der Waals surface area (Å²) >= 11 is 0. The highest BCUT2D eigenvalue weighted by Crippen LogP contribution is 2.32. The zero-order chi connectivity index (χ0) is 25.0. The number of alkyl halides is 3. The van der Waals surface area contributed by atoms with Gasteiger partial charge < -0.3 is 20.4 Å². The number of aromatic nitrogens is 3. The highest BCUT2D eigenvalue weighted by Gasteiger charge is 2.33. The first-order chi connectivity index (χ1) is 16.7. The van der Waals surface area contributed by atoms with Gasteiger partial charge in [-0.1, -0.05) is 18.2 Å². The molecule has 8 nitrogen and oxygen atoms in total. The minimum atomic E-state index is -4.44. The summed E-state index contributed by atoms with van der Waals surface area (Å²) < 4.78 is 39.5. The van der Waals surface area contributed by atoms with Crippen molar-refractivity contribution in [2.75, 3.05) is 43.4 Å². The monoisotopic (exact) mass is 491 g/mol. The van der Waals surface area contributed by atoms with Crippen LogP contribution < -0.4 is 15.5 Å². The van der Waals surface area contributed by atoms with Crippen molar-refractivity contribution in [2.45, 2.75) is 51.4 Å². The number of piperazine rings is 1. The molecule has 1 saturated heterocycles. The van der Waals surface area contributed by atoms with Crippen LogP contribution in [0.4, 0.5) is 25.1 Å². The third-order valence-corrected chi connectivity index (χ3v) is 6.73. The summed E-state index contributed by atoms with van der Waals surface area (Å²) in [6.45, 7) is 5.37. The molecule has 4 rings (SSSR count). The van der Waals surface area contributed by atoms with Gasteiger partial charge in [-0.05, 0) is 51.3 Å². The maximum absolute atomic E-state index is 13.2. The van der Waals surface area contributed by atoms with Gasteiger partial charge in [-0.2, -0.15) is 28.1 Å². The average Bonchev–Trinajstić information content (AvgIpc) is 2.83. The molecule has 11 heteroatoms. The summed E-state index contributed by atoms with van der Waals surface area (Å²) in [6.07, 6.45) is -1.63. The van der Waals surface area contributed by atoms with Crippen molar-refractivity contribution in [1.82, 2.24) is 25.2 Å². The Morgan fingerprint density at radius 2 is 1.71 bits per heavy atom. The normalized spacial score (nSPS) is 21.6. The molecular weight excluding hydrogens is 459 g/mol. The van der Waals surface area contributed by atoms with E-state index in [4.69, 9.17) is 0 Å². The van der Waals surface area contributed by atoms with E-state index in [1.165, 1.54) is 12.1 Å². The largest absolute Gasteiger partial charge is 0.416 e. The molecule has 0 radical (unpaired) electrons. The van der Waals surface area contributed by atoms with E-state index in [0.29, 0.717) is 30.6 Å². The van der Waals surface area contributed by atoms with E-state index in [1.807, 2.05) is 6.92 Å². The van der Waals surface area contributed by atoms with E-state index in [1.54, 1.807) is 6.07 Å². The van der Waals surface area contributed by atoms with Crippen LogP contribution in [-0.4, -0.2) is 65.0 Å². The molecule has 1 amide bonds. The van der Waals surface area contributed by atoms with E-state index < -0.39 is 11.7 Å². The number of rotatable bonds is 6. The lowest BCUT2D eigenvalue weighted by Crippen LogP contribution is -2.45. The predicted octanol–water partition coefficient (Wildman–Crippen LogP) is 3.24. The summed E-state index contributed by atoms with van der Waals surface area (Å²) in [5.41, 5.74) is -0.637. The molecule has 0 spiro atoms. The maximum Gasteiger partial charge on any atom is 0.416 e. The number of aryl methyl sites for hydroxylation is 1. The zero-order valence-corrected chi connectivity index (χ0v) is 20.1. The number of amides is 1. The number of nitrogens with one attached hydrogen (secondary N) is 2. The Kier molecular flexibility index (Phi) is 7.73. The number of nitrogens with zero attached hydrogens (tertiary/aromatic N) is 5. The van der Waals surface area contributed by atoms with Crippen LogP contribution in [0.15, 0.2) is 24.3 Å². The number of halogens is 3. The lowest BCUT2D eigenvalue weighted by atomic mass is 9.85. The number of carbonyl (C=O) groups is 1. The molecule has 2 aliphatic rings. The second kappa shape index (κ2) is 10.8. The SMILES string of the molecule is Cc1nc(N[C@H]2CC[C@@H](C(=O)NCc3ccccc3C(F)(F)F)CC2)nc(N2CCN(C)CC2)n1. The van der Waals surface area contributed by atoms with Crippen molar-refractivity contribution in [2.24, 2.45) is 5.92 Å². The minimum absolute atomic E-state index is 0.0741. The summed E-state index contributed by atoms with van der Waals surface area (Å²) in [6, 6.07) is 5.47. The number of benzene rings is 1. The molecule has 1 aliphatic carbocycles. The first kappa shape index (κ1) is 25.2. The Balaban J connectivity index is 1.28. The summed E-state index contributed by atoms with van der Waals surface area (Å²) in [4.78, 5) is 30.6. The van der Waals surface area contributed by atoms with Gasteiger partial charge in [0.1, 0.15) is 5.82 Å². The van der Waals surface area contributed by atoms with Gasteiger partial charge in [0.2, 0.25) is 17.8 Å². The van der Waals surface area contributed by atoms with Crippen molar-refractivity contribution in [3.63, 3.8) is 0 Å². The van der Waals surface area contributed by atoms with Crippen molar-refractivity contribution < 1.29 is 18.0 Å². The number of hydrogen-bond donors (Lipinski definition) is 2. The van der Waals surface area contributed by atoms with Crippen molar-refractivity contribution >= 4 is 17.8 Å². The molecule has 2 heterocycles. The smallest absolute Gasteiger partial charge is 0.352 e. The number of likely N-dealkylation sites (N-methyl/N-ethyl adjacent to an activating group) is 1. The van der Waals surface area contributed by atoms with Gasteiger partial charge in [-0.25, -0.2) is 0 Å². The Labute approximate surface area is 203 Å². The molecule has 0 bridgehead atoms. The molecule has 1 saturated carbocycles. The first-order valence-corrected chi connectivity index (χ1v) is 12.0. The highest BCUT2D eigenvalue weighted by molar-refractivity contribution is 5.78. The van der Waals surface area contributed by atoms with Crippen LogP contribution in [0.25, 0.3) is 0 Å². The number of hydrogen-bond acceptors (Lipinski definition) is 7. The van der Waals surface area contributed by atoms with Gasteiger partial charge in [-0.15, -0.1) is 0 Å². The second-order valence-corrected chi connectivity index (χ2v) is 9.36. The Bertz CT molecular complexity index is 1020. The Morgan fingerprint density at radius 1 is 1.03 bits per heavy atom. The zero-order valence-electron chi connectivity index (χ0n) is 20.1. The van der Waals surface area contributed by atoms with Crippen LogP contribution in [0, 0.1) is 12.8 Å². The lowest BCUT2D eigenvalue weighted by Gasteiger charge is -2.33. The third-order valence-electron chi connectivity index (χ3n) is 6.73. The van der Waals surface area contributed by atoms with E-state index in [2.05, 4.69) is 42.4 Å². The fourth-order valence-electron chi connectivity index (χ4n) is 4.64. The van der Waals surface area contributed by atoms with Gasteiger partial charge in [0.15, 0.2) is 0 Å². The van der Waals surface area contributed by atoms with Crippen molar-refractivity contribution in [3.8, 4) is 0 Å². The van der Waals surface area contributed by atoms with Gasteiger partial charge in [-0.3, -0.25) is 4.79 Å². The van der Waals surface area contributed by atoms with Crippen LogP contribution in [0.2, 0.25) is 0 Å². The van der Waals surface area contributed by atoms with E-state index >= 15 is 0 Å². The van der Waals surface area contributed by atoms with E-state index in [-0.39, 0.29) is 30.0 Å². The molecular formula is C24H32F3N7O. The predicted molar refractivity (Wildman–Crippen MR) is 127 cm³/mol. The molecule has 0 atom stereocenters. The number of carbonyl (C=O) groups excluding carboxylic acids is 1. The van der Waals surface area contributed by atoms with Crippen LogP contribution in [0.5, 0.6) is 0 Å². The van der Waals surface area contributed by atoms with Gasteiger partial charge in [0, 0.05) is 44.7 Å². The van der Waals surface area contributed by atoms with E-state index in [9.17, 15) is 18.0 Å². The Morgan fingerprint density at radius 3 is 2.40 bits per heavy atom. The molecule has 35 heavy (non-hydrogen) atoms. The minimum Gasteiger partial charge on any atom is -0.352 e. The van der Waals surface area contributed by atoms with Gasteiger partial charge in [0.25, 0.3) is 0 Å². The van der Waals surface area contributed by atoms with Crippen molar-refractivity contribution in [3.05, 3.63) is 41.2 Å². The van der Waals surface area contributed by atoms with Crippen LogP contribution >= 0.6 is 0 Å². The second-order valence-electron chi connectivity index (χ2n) is 9.36. The fourth-order valence-corrected chi connectivity index (χ4v) is 4.64. The number of anilines is 2. The maximum atomic E-state index is 13.2. The van der Waals surface area contributed by atoms with Gasteiger partial charge >= 0.3 is 6.18 Å². The Hall–Kier alpha value is -2.95. The summed E-state index contributed by atoms with van der Waals surface area (Å²) in [5, 5.41) is 6.09. The van der Waals surface area contributed by atoms with Crippen LogP contribution in [0.3, 0.4) is 0 Å². The van der Waals surface area contributed by atoms with Crippen molar-refractivity contribution in [1.29, 1.82) is 0 Å². The van der Waals surface area contributed by atoms with Gasteiger partial charge in [0.05, 0.1) is 5.56 Å². The molecule has 2 fully saturated rings. The highest BCUT2D eigenvalue weighted by atomic mass is 19.4. The summed E-state index contributed by atoms with van der Waals surface area (Å²) in [7, 11) is 2.10. The average molecular weight is 492 g/mol. The molecule has 2 N–H and O–H groups in total. The fraction of sp³-hybridized carbons (Fsp3) is 0.583. The topological polar surface area (TPSA) is 86.3 Å². The van der Waals surface area contributed by atoms with E-state index in [0.717, 1.165) is 45.1 Å². The van der Waals surface area contributed by atoms with Crippen LogP contribution in [0.1, 0.15) is 42.6 Å². The summed E-state index contributed by atoms with van der Waals surface area (Å²) in [5.74, 6) is 1.47. The molecule has 190 valence electrons. The third kappa shape index (κ3) is 6.59. The molecule has 1 aliphatic heterocycles. The van der Waals surface area contributed by atoms with Crippen LogP contribution in [-0.2, 0) is 17.5 Å². The first-order valence-electron chi connectivity index (χ1n) is 12.0. The standard InChI is InChI=1S/C24H32F3N7O/c1-16-29-22(32-23(30-16)34-13-11-33(2)12-14-34)31-19-9-7-17(8-10-19)21(35)28-15-18-5-3-4-6-20(18)24(25,26)27/h3-6,17,19H,7-15H2,1-2H3,(H,28,35)(H,29,30,31,32)/t17-,19+.